The second-order valence-electron chi connectivity index (χ2n) is 9.07. The molecule has 4 rings (SSSR count). The number of guanidine groups is 1. The molecule has 0 heterocycles. The molecule has 2 aliphatic carbocycles. The summed E-state index contributed by atoms with van der Waals surface area (Å²) in [4.78, 5) is 15.9. The van der Waals surface area contributed by atoms with E-state index in [1.54, 1.807) is 6.07 Å². The number of carbonyl (C=O) groups excluding carboxylic acids is 1. The van der Waals surface area contributed by atoms with E-state index in [1.807, 2.05) is 36.4 Å². The standard InChI is InChI=1S/C26H34N4O2/c27-26(28)30-25(31)20-13-14-24(23(16-20)19-11-12-19)29-21-9-4-10-22(17-21)32-15-5-8-18-6-2-1-3-7-18/h4,9-10,13-14,16-19,29H,1-3,5-8,11-12,15H2,(H4,27,28,30,31). The number of benzene rings is 2. The summed E-state index contributed by atoms with van der Waals surface area (Å²) in [6.45, 7) is 0.759. The Kier molecular flexibility index (Phi) is 7.30. The molecule has 0 aromatic heterocycles. The fourth-order valence-corrected chi connectivity index (χ4v) is 4.58. The largest absolute Gasteiger partial charge is 0.494 e. The first-order chi connectivity index (χ1) is 15.6. The fraction of sp³-hybridized carbons (Fsp3) is 0.462. The zero-order chi connectivity index (χ0) is 22.3. The van der Waals surface area contributed by atoms with Gasteiger partial charge in [-0.3, -0.25) is 4.79 Å². The first-order valence-electron chi connectivity index (χ1n) is 11.9. The maximum absolute atomic E-state index is 12.2. The van der Waals surface area contributed by atoms with Gasteiger partial charge in [0.05, 0.1) is 6.61 Å². The summed E-state index contributed by atoms with van der Waals surface area (Å²) < 4.78 is 6.03. The molecule has 32 heavy (non-hydrogen) atoms. The first kappa shape index (κ1) is 22.2. The summed E-state index contributed by atoms with van der Waals surface area (Å²) in [6.07, 6.45) is 11.6. The van der Waals surface area contributed by atoms with E-state index in [-0.39, 0.29) is 5.96 Å². The van der Waals surface area contributed by atoms with E-state index in [9.17, 15) is 4.79 Å². The van der Waals surface area contributed by atoms with E-state index in [1.165, 1.54) is 38.5 Å². The van der Waals surface area contributed by atoms with Crippen LogP contribution in [0.15, 0.2) is 47.5 Å². The summed E-state index contributed by atoms with van der Waals surface area (Å²) in [6, 6.07) is 13.7. The highest BCUT2D eigenvalue weighted by Gasteiger charge is 2.27. The summed E-state index contributed by atoms with van der Waals surface area (Å²) in [5.41, 5.74) is 14.3. The van der Waals surface area contributed by atoms with Crippen LogP contribution in [0.1, 0.15) is 79.6 Å². The number of ether oxygens (including phenoxy) is 1. The third-order valence-electron chi connectivity index (χ3n) is 6.41. The van der Waals surface area contributed by atoms with Crippen LogP contribution in [0.4, 0.5) is 11.4 Å². The molecule has 1 amide bonds. The van der Waals surface area contributed by atoms with Crippen LogP contribution in [0.25, 0.3) is 0 Å². The molecule has 0 spiro atoms. The highest BCUT2D eigenvalue weighted by atomic mass is 16.5. The van der Waals surface area contributed by atoms with E-state index in [4.69, 9.17) is 16.2 Å². The molecule has 6 nitrogen and oxygen atoms in total. The molecular weight excluding hydrogens is 400 g/mol. The zero-order valence-electron chi connectivity index (χ0n) is 18.7. The second kappa shape index (κ2) is 10.5. The van der Waals surface area contributed by atoms with E-state index >= 15 is 0 Å². The molecule has 0 radical (unpaired) electrons. The lowest BCUT2D eigenvalue weighted by Gasteiger charge is -2.21. The van der Waals surface area contributed by atoms with E-state index in [2.05, 4.69) is 10.3 Å². The molecule has 0 atom stereocenters. The maximum Gasteiger partial charge on any atom is 0.280 e. The first-order valence-corrected chi connectivity index (χ1v) is 11.9. The minimum atomic E-state index is -0.415. The highest BCUT2D eigenvalue weighted by Crippen LogP contribution is 2.44. The molecule has 2 saturated carbocycles. The van der Waals surface area contributed by atoms with Gasteiger partial charge in [0.25, 0.3) is 5.91 Å². The molecule has 2 fully saturated rings. The van der Waals surface area contributed by atoms with Gasteiger partial charge in [-0.1, -0.05) is 38.2 Å². The number of nitrogens with one attached hydrogen (secondary N) is 1. The van der Waals surface area contributed by atoms with Gasteiger partial charge in [0, 0.05) is 23.0 Å². The summed E-state index contributed by atoms with van der Waals surface area (Å²) >= 11 is 0. The highest BCUT2D eigenvalue weighted by molar-refractivity contribution is 6.02. The number of anilines is 2. The van der Waals surface area contributed by atoms with Gasteiger partial charge in [-0.05, 0) is 73.4 Å². The molecule has 0 bridgehead atoms. The Morgan fingerprint density at radius 1 is 1.03 bits per heavy atom. The number of hydrogen-bond donors (Lipinski definition) is 3. The Labute approximate surface area is 190 Å². The number of nitrogens with zero attached hydrogens (tertiary/aromatic N) is 1. The number of aliphatic imine (C=N–C) groups is 1. The smallest absolute Gasteiger partial charge is 0.280 e. The second-order valence-corrected chi connectivity index (χ2v) is 9.07. The quantitative estimate of drug-likeness (QED) is 0.276. The van der Waals surface area contributed by atoms with Gasteiger partial charge < -0.3 is 21.5 Å². The Morgan fingerprint density at radius 3 is 2.59 bits per heavy atom. The molecule has 0 saturated heterocycles. The molecule has 0 unspecified atom stereocenters. The van der Waals surface area contributed by atoms with Crippen molar-refractivity contribution in [3.05, 3.63) is 53.6 Å². The van der Waals surface area contributed by atoms with Crippen molar-refractivity contribution < 1.29 is 9.53 Å². The van der Waals surface area contributed by atoms with Crippen molar-refractivity contribution in [2.24, 2.45) is 22.4 Å². The topological polar surface area (TPSA) is 103 Å². The lowest BCUT2D eigenvalue weighted by atomic mass is 9.86. The van der Waals surface area contributed by atoms with Crippen LogP contribution < -0.4 is 21.5 Å². The van der Waals surface area contributed by atoms with Crippen molar-refractivity contribution in [1.29, 1.82) is 0 Å². The Hall–Kier alpha value is -3.02. The Balaban J connectivity index is 1.37. The van der Waals surface area contributed by atoms with Crippen LogP contribution in [0, 0.1) is 5.92 Å². The van der Waals surface area contributed by atoms with Crippen LogP contribution in [0.2, 0.25) is 0 Å². The van der Waals surface area contributed by atoms with E-state index in [0.29, 0.717) is 11.5 Å². The minimum Gasteiger partial charge on any atom is -0.494 e. The van der Waals surface area contributed by atoms with Crippen molar-refractivity contribution in [3.63, 3.8) is 0 Å². The van der Waals surface area contributed by atoms with Crippen LogP contribution >= 0.6 is 0 Å². The third-order valence-corrected chi connectivity index (χ3v) is 6.41. The molecule has 2 aromatic carbocycles. The normalized spacial score (nSPS) is 16.4. The number of rotatable bonds is 9. The minimum absolute atomic E-state index is 0.222. The van der Waals surface area contributed by atoms with Gasteiger partial charge in [0.15, 0.2) is 5.96 Å². The third kappa shape index (κ3) is 6.25. The monoisotopic (exact) mass is 434 g/mol. The van der Waals surface area contributed by atoms with Crippen LogP contribution in [-0.4, -0.2) is 18.5 Å². The molecule has 5 N–H and O–H groups in total. The van der Waals surface area contributed by atoms with Crippen LogP contribution in [0.3, 0.4) is 0 Å². The van der Waals surface area contributed by atoms with Crippen molar-refractivity contribution >= 4 is 23.2 Å². The van der Waals surface area contributed by atoms with Crippen LogP contribution in [-0.2, 0) is 0 Å². The molecule has 2 aliphatic rings. The zero-order valence-corrected chi connectivity index (χ0v) is 18.7. The SMILES string of the molecule is NC(N)=NC(=O)c1ccc(Nc2cccc(OCCCC3CCCCC3)c2)c(C2CC2)c1. The van der Waals surface area contributed by atoms with Crippen molar-refractivity contribution in [2.75, 3.05) is 11.9 Å². The van der Waals surface area contributed by atoms with Crippen molar-refractivity contribution in [2.45, 2.75) is 63.7 Å². The summed E-state index contributed by atoms with van der Waals surface area (Å²) in [5.74, 6) is 1.60. The van der Waals surface area contributed by atoms with Crippen molar-refractivity contribution in [1.82, 2.24) is 0 Å². The molecule has 170 valence electrons. The lowest BCUT2D eigenvalue weighted by molar-refractivity contribution is 0.100. The molecule has 6 heteroatoms. The summed E-state index contributed by atoms with van der Waals surface area (Å²) in [7, 11) is 0. The van der Waals surface area contributed by atoms with Gasteiger partial charge in [-0.25, -0.2) is 0 Å². The predicted octanol–water partition coefficient (Wildman–Crippen LogP) is 5.46. The van der Waals surface area contributed by atoms with Gasteiger partial charge in [-0.15, -0.1) is 0 Å². The van der Waals surface area contributed by atoms with Crippen LogP contribution in [0.5, 0.6) is 5.75 Å². The average molecular weight is 435 g/mol. The van der Waals surface area contributed by atoms with Gasteiger partial charge in [-0.2, -0.15) is 4.99 Å². The number of carbonyl (C=O) groups is 1. The molecule has 0 aliphatic heterocycles. The lowest BCUT2D eigenvalue weighted by Crippen LogP contribution is -2.24. The number of nitrogens with two attached hydrogens (primary N) is 2. The van der Waals surface area contributed by atoms with Gasteiger partial charge in [0.1, 0.15) is 5.75 Å². The average Bonchev–Trinajstić information content (AvgIpc) is 3.63. The van der Waals surface area contributed by atoms with Gasteiger partial charge in [0.2, 0.25) is 0 Å². The van der Waals surface area contributed by atoms with E-state index < -0.39 is 5.91 Å². The Bertz CT molecular complexity index is 958. The molecular formula is C26H34N4O2. The Morgan fingerprint density at radius 2 is 1.84 bits per heavy atom. The van der Waals surface area contributed by atoms with E-state index in [0.717, 1.165) is 54.5 Å². The summed E-state index contributed by atoms with van der Waals surface area (Å²) in [5, 5.41) is 3.51. The van der Waals surface area contributed by atoms with Crippen molar-refractivity contribution in [3.8, 4) is 5.75 Å². The fourth-order valence-electron chi connectivity index (χ4n) is 4.58. The van der Waals surface area contributed by atoms with Gasteiger partial charge >= 0.3 is 0 Å². The maximum atomic E-state index is 12.2. The molecule has 2 aromatic rings. The number of hydrogen-bond acceptors (Lipinski definition) is 3. The number of amides is 1. The predicted molar refractivity (Wildman–Crippen MR) is 130 cm³/mol.